The predicted molar refractivity (Wildman–Crippen MR) is 103 cm³/mol. The number of aryl methyl sites for hydroxylation is 1. The Balaban J connectivity index is 1.48. The van der Waals surface area contributed by atoms with Crippen LogP contribution in [0.15, 0.2) is 42.0 Å². The van der Waals surface area contributed by atoms with Crippen LogP contribution in [-0.2, 0) is 16.7 Å². The molecule has 0 amide bonds. The lowest BCUT2D eigenvalue weighted by atomic mass is 9.83. The van der Waals surface area contributed by atoms with Gasteiger partial charge in [-0.3, -0.25) is 9.88 Å². The van der Waals surface area contributed by atoms with Crippen molar-refractivity contribution < 1.29 is 4.74 Å². The molecule has 25 heavy (non-hydrogen) atoms. The molecule has 2 aromatic rings. The molecule has 2 aromatic heterocycles. The molecule has 4 rings (SSSR count). The van der Waals surface area contributed by atoms with Gasteiger partial charge in [0.15, 0.2) is 0 Å². The zero-order valence-corrected chi connectivity index (χ0v) is 15.9. The lowest BCUT2D eigenvalue weighted by Crippen LogP contribution is -2.37. The van der Waals surface area contributed by atoms with Crippen LogP contribution in [0.5, 0.6) is 0 Å². The summed E-state index contributed by atoms with van der Waals surface area (Å²) >= 11 is 1.88. The first-order chi connectivity index (χ1) is 12.3. The molecule has 0 unspecified atom stereocenters. The number of likely N-dealkylation sites (tertiary alicyclic amines) is 1. The second kappa shape index (κ2) is 7.18. The monoisotopic (exact) mass is 356 g/mol. The van der Waals surface area contributed by atoms with Crippen LogP contribution in [0.4, 0.5) is 0 Å². The highest BCUT2D eigenvalue weighted by Crippen LogP contribution is 2.54. The van der Waals surface area contributed by atoms with Gasteiger partial charge in [-0.1, -0.05) is 12.1 Å². The van der Waals surface area contributed by atoms with Gasteiger partial charge >= 0.3 is 0 Å². The molecule has 1 saturated heterocycles. The van der Waals surface area contributed by atoms with Crippen LogP contribution >= 0.6 is 11.3 Å². The topological polar surface area (TPSA) is 25.4 Å². The lowest BCUT2D eigenvalue weighted by molar-refractivity contribution is 0.0444. The molecule has 1 saturated carbocycles. The normalized spacial score (nSPS) is 25.3. The molecule has 0 bridgehead atoms. The molecule has 3 nitrogen and oxygen atoms in total. The smallest absolute Gasteiger partial charge is 0.0535 e. The van der Waals surface area contributed by atoms with Crippen LogP contribution in [0, 0.1) is 5.41 Å². The summed E-state index contributed by atoms with van der Waals surface area (Å²) in [5, 5.41) is 2.19. The van der Waals surface area contributed by atoms with E-state index in [1.807, 2.05) is 17.5 Å². The van der Waals surface area contributed by atoms with E-state index in [4.69, 9.17) is 4.74 Å². The van der Waals surface area contributed by atoms with Crippen LogP contribution in [-0.4, -0.2) is 36.2 Å². The van der Waals surface area contributed by atoms with Gasteiger partial charge in [-0.2, -0.15) is 0 Å². The Morgan fingerprint density at radius 1 is 1.24 bits per heavy atom. The highest BCUT2D eigenvalue weighted by Gasteiger charge is 2.54. The van der Waals surface area contributed by atoms with E-state index in [0.717, 1.165) is 19.8 Å². The van der Waals surface area contributed by atoms with Crippen molar-refractivity contribution in [3.8, 4) is 0 Å². The maximum Gasteiger partial charge on any atom is 0.0535 e. The summed E-state index contributed by atoms with van der Waals surface area (Å²) in [5.74, 6) is 0. The highest BCUT2D eigenvalue weighted by atomic mass is 32.1. The summed E-state index contributed by atoms with van der Waals surface area (Å²) in [6.07, 6.45) is 10.2. The lowest BCUT2D eigenvalue weighted by Gasteiger charge is -2.33. The van der Waals surface area contributed by atoms with E-state index >= 15 is 0 Å². The molecule has 2 fully saturated rings. The fourth-order valence-corrected chi connectivity index (χ4v) is 5.11. The molecule has 1 aliphatic carbocycles. The van der Waals surface area contributed by atoms with Gasteiger partial charge in [0.25, 0.3) is 0 Å². The van der Waals surface area contributed by atoms with Crippen molar-refractivity contribution in [1.82, 2.24) is 9.88 Å². The van der Waals surface area contributed by atoms with Crippen molar-refractivity contribution in [2.24, 2.45) is 5.41 Å². The highest BCUT2D eigenvalue weighted by molar-refractivity contribution is 7.09. The minimum Gasteiger partial charge on any atom is -0.381 e. The summed E-state index contributed by atoms with van der Waals surface area (Å²) < 4.78 is 5.94. The zero-order valence-electron chi connectivity index (χ0n) is 15.1. The van der Waals surface area contributed by atoms with Gasteiger partial charge in [-0.25, -0.2) is 0 Å². The van der Waals surface area contributed by atoms with E-state index in [2.05, 4.69) is 52.7 Å². The fraction of sp³-hybridized carbons (Fsp3) is 0.571. The fourth-order valence-electron chi connectivity index (χ4n) is 4.40. The Morgan fingerprint density at radius 2 is 2.16 bits per heavy atom. The van der Waals surface area contributed by atoms with E-state index in [1.54, 1.807) is 0 Å². The zero-order chi connectivity index (χ0) is 17.2. The Labute approximate surface area is 155 Å². The molecular formula is C21H28N2OS. The molecule has 0 spiro atoms. The second-order valence-electron chi connectivity index (χ2n) is 7.66. The summed E-state index contributed by atoms with van der Waals surface area (Å²) in [6.45, 7) is 6.17. The third-order valence-corrected chi connectivity index (χ3v) is 7.00. The SMILES string of the molecule is CCOC[C@@]1(CCc2cccs2)CCN(C2(c3cccnc3)CC2)C1. The van der Waals surface area contributed by atoms with Crippen molar-refractivity contribution in [3.05, 3.63) is 52.5 Å². The standard InChI is InChI=1S/C21H28N2OS/c1-2-24-17-20(8-7-19-6-4-14-25-19)11-13-23(16-20)21(9-10-21)18-5-3-12-22-15-18/h3-6,12,14-15H,2,7-11,13,16-17H2,1H3/t20-/m0/s1. The van der Waals surface area contributed by atoms with E-state index in [0.29, 0.717) is 5.41 Å². The Morgan fingerprint density at radius 3 is 2.84 bits per heavy atom. The minimum absolute atomic E-state index is 0.255. The van der Waals surface area contributed by atoms with Crippen molar-refractivity contribution >= 4 is 11.3 Å². The summed E-state index contributed by atoms with van der Waals surface area (Å²) in [6, 6.07) is 8.77. The van der Waals surface area contributed by atoms with Gasteiger partial charge in [0, 0.05) is 41.4 Å². The Kier molecular flexibility index (Phi) is 4.94. The molecular weight excluding hydrogens is 328 g/mol. The van der Waals surface area contributed by atoms with Crippen molar-refractivity contribution in [3.63, 3.8) is 0 Å². The number of hydrogen-bond donors (Lipinski definition) is 0. The number of aromatic nitrogens is 1. The van der Waals surface area contributed by atoms with Crippen molar-refractivity contribution in [2.75, 3.05) is 26.3 Å². The average molecular weight is 357 g/mol. The van der Waals surface area contributed by atoms with Gasteiger partial charge in [-0.15, -0.1) is 11.3 Å². The molecule has 3 heterocycles. The van der Waals surface area contributed by atoms with Gasteiger partial charge in [0.05, 0.1) is 6.61 Å². The summed E-state index contributed by atoms with van der Waals surface area (Å²) in [4.78, 5) is 8.60. The molecule has 2 aliphatic rings. The first-order valence-electron chi connectivity index (χ1n) is 9.52. The Hall–Kier alpha value is -1.23. The molecule has 1 aliphatic heterocycles. The van der Waals surface area contributed by atoms with Gasteiger partial charge < -0.3 is 4.74 Å². The Bertz CT molecular complexity index is 668. The number of nitrogens with zero attached hydrogens (tertiary/aromatic N) is 2. The first kappa shape index (κ1) is 17.2. The predicted octanol–water partition coefficient (Wildman–Crippen LogP) is 4.49. The molecule has 134 valence electrons. The average Bonchev–Trinajstić information content (AvgIpc) is 3.10. The molecule has 0 N–H and O–H groups in total. The molecule has 1 atom stereocenters. The number of pyridine rings is 1. The van der Waals surface area contributed by atoms with Crippen molar-refractivity contribution in [2.45, 2.75) is 44.6 Å². The molecule has 0 aromatic carbocycles. The summed E-state index contributed by atoms with van der Waals surface area (Å²) in [5.41, 5.74) is 1.96. The van der Waals surface area contributed by atoms with E-state index < -0.39 is 0 Å². The van der Waals surface area contributed by atoms with E-state index in [-0.39, 0.29) is 5.54 Å². The van der Waals surface area contributed by atoms with Gasteiger partial charge in [0.2, 0.25) is 0 Å². The van der Waals surface area contributed by atoms with Crippen LogP contribution in [0.2, 0.25) is 0 Å². The van der Waals surface area contributed by atoms with E-state index in [1.165, 1.54) is 49.1 Å². The number of rotatable bonds is 8. The minimum atomic E-state index is 0.255. The third-order valence-electron chi connectivity index (χ3n) is 6.06. The largest absolute Gasteiger partial charge is 0.381 e. The second-order valence-corrected chi connectivity index (χ2v) is 8.69. The van der Waals surface area contributed by atoms with Crippen molar-refractivity contribution in [1.29, 1.82) is 0 Å². The molecule has 0 radical (unpaired) electrons. The van der Waals surface area contributed by atoms with Crippen LogP contribution < -0.4 is 0 Å². The quantitative estimate of drug-likeness (QED) is 0.697. The summed E-state index contributed by atoms with van der Waals surface area (Å²) in [7, 11) is 0. The maximum atomic E-state index is 5.94. The molecule has 4 heteroatoms. The first-order valence-corrected chi connectivity index (χ1v) is 10.4. The van der Waals surface area contributed by atoms with Crippen LogP contribution in [0.1, 0.15) is 43.0 Å². The number of hydrogen-bond acceptors (Lipinski definition) is 4. The van der Waals surface area contributed by atoms with Crippen LogP contribution in [0.25, 0.3) is 0 Å². The van der Waals surface area contributed by atoms with E-state index in [9.17, 15) is 0 Å². The van der Waals surface area contributed by atoms with Gasteiger partial charge in [0.1, 0.15) is 0 Å². The maximum absolute atomic E-state index is 5.94. The third kappa shape index (κ3) is 3.53. The number of thiophene rings is 1. The van der Waals surface area contributed by atoms with Crippen LogP contribution in [0.3, 0.4) is 0 Å². The van der Waals surface area contributed by atoms with Gasteiger partial charge in [-0.05, 0) is 68.6 Å². The number of ether oxygens (including phenoxy) is 1.